The van der Waals surface area contributed by atoms with Gasteiger partial charge in [-0.3, -0.25) is 14.5 Å². The smallest absolute Gasteiger partial charge is 0.258 e. The minimum absolute atomic E-state index is 0.0533. The molecule has 0 bridgehead atoms. The predicted octanol–water partition coefficient (Wildman–Crippen LogP) is 3.96. The van der Waals surface area contributed by atoms with Gasteiger partial charge in [-0.15, -0.1) is 0 Å². The van der Waals surface area contributed by atoms with E-state index >= 15 is 0 Å². The molecule has 1 unspecified atom stereocenters. The maximum atomic E-state index is 12.4. The van der Waals surface area contributed by atoms with Crippen LogP contribution in [0.3, 0.4) is 0 Å². The summed E-state index contributed by atoms with van der Waals surface area (Å²) >= 11 is 0. The Hall–Kier alpha value is -2.86. The minimum atomic E-state index is -0.168. The third-order valence-corrected chi connectivity index (χ3v) is 6.15. The molecule has 0 spiro atoms. The molecule has 1 heterocycles. The van der Waals surface area contributed by atoms with Crippen molar-refractivity contribution < 1.29 is 14.3 Å². The second kappa shape index (κ2) is 10.6. The first kappa shape index (κ1) is 22.3. The highest BCUT2D eigenvalue weighted by atomic mass is 16.5. The molecular formula is C26H33N3O3. The van der Waals surface area contributed by atoms with Crippen molar-refractivity contribution in [1.29, 1.82) is 0 Å². The second-order valence-electron chi connectivity index (χ2n) is 9.11. The van der Waals surface area contributed by atoms with Gasteiger partial charge in [0, 0.05) is 37.3 Å². The fourth-order valence-corrected chi connectivity index (χ4v) is 4.20. The fourth-order valence-electron chi connectivity index (χ4n) is 4.20. The molecule has 2 fully saturated rings. The van der Waals surface area contributed by atoms with Crippen LogP contribution >= 0.6 is 0 Å². The van der Waals surface area contributed by atoms with Crippen molar-refractivity contribution in [2.75, 3.05) is 25.0 Å². The Morgan fingerprint density at radius 3 is 2.66 bits per heavy atom. The molecule has 6 heteroatoms. The van der Waals surface area contributed by atoms with E-state index in [-0.39, 0.29) is 24.3 Å². The van der Waals surface area contributed by atoms with Gasteiger partial charge in [0.1, 0.15) is 5.75 Å². The van der Waals surface area contributed by atoms with Gasteiger partial charge in [0.05, 0.1) is 0 Å². The first-order valence-corrected chi connectivity index (χ1v) is 11.7. The Morgan fingerprint density at radius 2 is 1.88 bits per heavy atom. The number of carbonyl (C=O) groups excluding carboxylic acids is 2. The first-order valence-electron chi connectivity index (χ1n) is 11.7. The highest BCUT2D eigenvalue weighted by Crippen LogP contribution is 2.30. The van der Waals surface area contributed by atoms with Crippen LogP contribution in [0, 0.1) is 11.8 Å². The van der Waals surface area contributed by atoms with E-state index in [0.29, 0.717) is 18.0 Å². The lowest BCUT2D eigenvalue weighted by Crippen LogP contribution is -2.34. The highest BCUT2D eigenvalue weighted by Gasteiger charge is 2.29. The van der Waals surface area contributed by atoms with Crippen LogP contribution in [0.1, 0.15) is 43.7 Å². The standard InChI is InChI=1S/C26H33N3O3/c1-19-6-5-13-29(16-19)17-22-8-3-2-7-21(22)15-27-25(30)18-32-24-10-4-9-23(14-24)28-26(31)20-11-12-20/h2-4,7-10,14,19-20H,5-6,11-13,15-18H2,1H3,(H,27,30)(H,28,31). The van der Waals surface area contributed by atoms with Crippen LogP contribution in [0.15, 0.2) is 48.5 Å². The lowest BCUT2D eigenvalue weighted by molar-refractivity contribution is -0.123. The molecular weight excluding hydrogens is 402 g/mol. The van der Waals surface area contributed by atoms with Gasteiger partial charge >= 0.3 is 0 Å². The number of likely N-dealkylation sites (tertiary alicyclic amines) is 1. The number of hydrogen-bond donors (Lipinski definition) is 2. The summed E-state index contributed by atoms with van der Waals surface area (Å²) in [6.07, 6.45) is 4.48. The van der Waals surface area contributed by atoms with Crippen LogP contribution in [0.5, 0.6) is 5.75 Å². The number of carbonyl (C=O) groups is 2. The third kappa shape index (κ3) is 6.57. The number of hydrogen-bond acceptors (Lipinski definition) is 4. The molecule has 2 aromatic rings. The molecule has 1 saturated carbocycles. The van der Waals surface area contributed by atoms with Gasteiger partial charge in [0.15, 0.2) is 6.61 Å². The van der Waals surface area contributed by atoms with Crippen LogP contribution in [0.4, 0.5) is 5.69 Å². The summed E-state index contributed by atoms with van der Waals surface area (Å²) in [5.74, 6) is 1.34. The molecule has 32 heavy (non-hydrogen) atoms. The molecule has 4 rings (SSSR count). The molecule has 1 aliphatic carbocycles. The average molecular weight is 436 g/mol. The predicted molar refractivity (Wildman–Crippen MR) is 125 cm³/mol. The maximum absolute atomic E-state index is 12.4. The van der Waals surface area contributed by atoms with Gasteiger partial charge in [0.25, 0.3) is 5.91 Å². The van der Waals surface area contributed by atoms with Crippen molar-refractivity contribution >= 4 is 17.5 Å². The van der Waals surface area contributed by atoms with Gasteiger partial charge in [-0.2, -0.15) is 0 Å². The van der Waals surface area contributed by atoms with Crippen molar-refractivity contribution in [1.82, 2.24) is 10.2 Å². The van der Waals surface area contributed by atoms with E-state index in [4.69, 9.17) is 4.74 Å². The Balaban J connectivity index is 1.25. The van der Waals surface area contributed by atoms with E-state index in [1.807, 2.05) is 18.2 Å². The molecule has 1 atom stereocenters. The number of nitrogens with one attached hydrogen (secondary N) is 2. The van der Waals surface area contributed by atoms with Gasteiger partial charge < -0.3 is 15.4 Å². The number of ether oxygens (including phenoxy) is 1. The Labute approximate surface area is 190 Å². The number of piperidine rings is 1. The lowest BCUT2D eigenvalue weighted by Gasteiger charge is -2.31. The summed E-state index contributed by atoms with van der Waals surface area (Å²) in [6.45, 7) is 5.93. The summed E-state index contributed by atoms with van der Waals surface area (Å²) in [4.78, 5) is 26.8. The first-order chi connectivity index (χ1) is 15.6. The Morgan fingerprint density at radius 1 is 1.06 bits per heavy atom. The van der Waals surface area contributed by atoms with Crippen LogP contribution in [0.2, 0.25) is 0 Å². The van der Waals surface area contributed by atoms with Gasteiger partial charge in [-0.25, -0.2) is 0 Å². The SMILES string of the molecule is CC1CCCN(Cc2ccccc2CNC(=O)COc2cccc(NC(=O)C3CC3)c2)C1. The number of nitrogens with zero attached hydrogens (tertiary/aromatic N) is 1. The van der Waals surface area contributed by atoms with Crippen molar-refractivity contribution in [3.63, 3.8) is 0 Å². The molecule has 6 nitrogen and oxygen atoms in total. The summed E-state index contributed by atoms with van der Waals surface area (Å²) < 4.78 is 5.65. The molecule has 2 aliphatic rings. The van der Waals surface area contributed by atoms with Crippen LogP contribution < -0.4 is 15.4 Å². The third-order valence-electron chi connectivity index (χ3n) is 6.15. The Bertz CT molecular complexity index is 941. The molecule has 1 aliphatic heterocycles. The molecule has 2 N–H and O–H groups in total. The van der Waals surface area contributed by atoms with Gasteiger partial charge in [0.2, 0.25) is 5.91 Å². The van der Waals surface area contributed by atoms with Crippen molar-refractivity contribution in [2.45, 2.75) is 45.7 Å². The normalized spacial score (nSPS) is 18.7. The van der Waals surface area contributed by atoms with Crippen molar-refractivity contribution in [3.8, 4) is 5.75 Å². The van der Waals surface area contributed by atoms with Crippen LogP contribution in [-0.2, 0) is 22.7 Å². The second-order valence-corrected chi connectivity index (χ2v) is 9.11. The van der Waals surface area contributed by atoms with Gasteiger partial charge in [-0.05, 0) is 61.4 Å². The topological polar surface area (TPSA) is 70.7 Å². The van der Waals surface area contributed by atoms with Crippen LogP contribution in [-0.4, -0.2) is 36.4 Å². The maximum Gasteiger partial charge on any atom is 0.258 e. The number of anilines is 1. The molecule has 0 aromatic heterocycles. The van der Waals surface area contributed by atoms with E-state index in [9.17, 15) is 9.59 Å². The molecule has 1 saturated heterocycles. The number of rotatable bonds is 9. The summed E-state index contributed by atoms with van der Waals surface area (Å²) in [5, 5.41) is 5.87. The zero-order valence-electron chi connectivity index (χ0n) is 18.8. The zero-order chi connectivity index (χ0) is 22.3. The van der Waals surface area contributed by atoms with Crippen molar-refractivity contribution in [2.24, 2.45) is 11.8 Å². The van der Waals surface area contributed by atoms with E-state index < -0.39 is 0 Å². The van der Waals surface area contributed by atoms with E-state index in [1.165, 1.54) is 18.4 Å². The van der Waals surface area contributed by atoms with E-state index in [0.717, 1.165) is 44.0 Å². The largest absolute Gasteiger partial charge is 0.484 e. The zero-order valence-corrected chi connectivity index (χ0v) is 18.8. The molecule has 0 radical (unpaired) electrons. The molecule has 170 valence electrons. The van der Waals surface area contributed by atoms with Crippen LogP contribution in [0.25, 0.3) is 0 Å². The summed E-state index contributed by atoms with van der Waals surface area (Å²) in [6, 6.07) is 15.5. The minimum Gasteiger partial charge on any atom is -0.484 e. The van der Waals surface area contributed by atoms with E-state index in [2.05, 4.69) is 40.7 Å². The van der Waals surface area contributed by atoms with E-state index in [1.54, 1.807) is 12.1 Å². The fraction of sp³-hybridized carbons (Fsp3) is 0.462. The quantitative estimate of drug-likeness (QED) is 0.625. The van der Waals surface area contributed by atoms with Gasteiger partial charge in [-0.1, -0.05) is 37.3 Å². The Kier molecular flexibility index (Phi) is 7.43. The summed E-state index contributed by atoms with van der Waals surface area (Å²) in [5.41, 5.74) is 3.10. The molecule has 2 aromatic carbocycles. The summed E-state index contributed by atoms with van der Waals surface area (Å²) in [7, 11) is 0. The lowest BCUT2D eigenvalue weighted by atomic mass is 9.99. The number of benzene rings is 2. The monoisotopic (exact) mass is 435 g/mol. The molecule has 2 amide bonds. The number of amides is 2. The van der Waals surface area contributed by atoms with Crippen molar-refractivity contribution in [3.05, 3.63) is 59.7 Å². The highest BCUT2D eigenvalue weighted by molar-refractivity contribution is 5.94. The average Bonchev–Trinajstić information content (AvgIpc) is 3.63.